The Balaban J connectivity index is 1.75. The fourth-order valence-corrected chi connectivity index (χ4v) is 3.07. The number of hydrogen-bond donors (Lipinski definition) is 1. The number of hydrogen-bond acceptors (Lipinski definition) is 4. The summed E-state index contributed by atoms with van der Waals surface area (Å²) in [7, 11) is 2.07. The number of rotatable bonds is 5. The fourth-order valence-electron chi connectivity index (χ4n) is 3.07. The number of para-hydroxylation sites is 1. The van der Waals surface area contributed by atoms with Gasteiger partial charge in [-0.15, -0.1) is 0 Å². The number of carbonyl (C=O) groups excluding carboxylic acids is 1. The Bertz CT molecular complexity index is 645. The topological polar surface area (TPSA) is 41.6 Å². The highest BCUT2D eigenvalue weighted by Crippen LogP contribution is 2.23. The van der Waals surface area contributed by atoms with Crippen LogP contribution in [0.2, 0.25) is 0 Å². The number of anilines is 1. The van der Waals surface area contributed by atoms with Crippen molar-refractivity contribution in [2.24, 2.45) is 0 Å². The van der Waals surface area contributed by atoms with Crippen LogP contribution >= 0.6 is 0 Å². The maximum absolute atomic E-state index is 12.8. The molecule has 1 saturated heterocycles. The lowest BCUT2D eigenvalue weighted by Crippen LogP contribution is -2.39. The van der Waals surface area contributed by atoms with E-state index in [2.05, 4.69) is 17.3 Å². The van der Waals surface area contributed by atoms with Gasteiger partial charge in [-0.3, -0.25) is 0 Å². The lowest BCUT2D eigenvalue weighted by atomic mass is 10.1. The van der Waals surface area contributed by atoms with Crippen LogP contribution in [0.3, 0.4) is 0 Å². The van der Waals surface area contributed by atoms with Crippen molar-refractivity contribution in [1.82, 2.24) is 4.90 Å². The molecule has 3 rings (SSSR count). The minimum absolute atomic E-state index is 0.0277. The third kappa shape index (κ3) is 4.36. The van der Waals surface area contributed by atoms with E-state index in [1.807, 2.05) is 60.7 Å². The lowest BCUT2D eigenvalue weighted by Gasteiger charge is -2.30. The molecule has 4 heteroatoms. The number of nitrogens with zero attached hydrogens (tertiary/aromatic N) is 1. The number of benzene rings is 2. The Morgan fingerprint density at radius 2 is 1.79 bits per heavy atom. The van der Waals surface area contributed by atoms with E-state index in [9.17, 15) is 4.79 Å². The Labute approximate surface area is 143 Å². The molecule has 24 heavy (non-hydrogen) atoms. The molecule has 126 valence electrons. The molecule has 0 saturated carbocycles. The summed E-state index contributed by atoms with van der Waals surface area (Å²) in [6.07, 6.45) is 1.97. The smallest absolute Gasteiger partial charge is 0.333 e. The number of nitrogens with one attached hydrogen (secondary N) is 1. The Morgan fingerprint density at radius 1 is 1.12 bits per heavy atom. The quantitative estimate of drug-likeness (QED) is 0.855. The first-order valence-electron chi connectivity index (χ1n) is 8.48. The summed E-state index contributed by atoms with van der Waals surface area (Å²) in [5.74, 6) is -0.217. The third-order valence-electron chi connectivity index (χ3n) is 4.32. The molecule has 0 bridgehead atoms. The van der Waals surface area contributed by atoms with Gasteiger partial charge in [0.05, 0.1) is 0 Å². The molecule has 1 heterocycles. The highest BCUT2D eigenvalue weighted by molar-refractivity contribution is 5.81. The van der Waals surface area contributed by atoms with Crippen LogP contribution in [0.25, 0.3) is 0 Å². The lowest BCUT2D eigenvalue weighted by molar-refractivity contribution is -0.152. The van der Waals surface area contributed by atoms with E-state index < -0.39 is 6.04 Å². The van der Waals surface area contributed by atoms with Gasteiger partial charge in [0.25, 0.3) is 0 Å². The second kappa shape index (κ2) is 7.97. The SMILES string of the molecule is CN1CCC[C@@H](OC(=O)C(Nc2ccccc2)c2ccccc2)C1. The van der Waals surface area contributed by atoms with Gasteiger partial charge < -0.3 is 15.0 Å². The summed E-state index contributed by atoms with van der Waals surface area (Å²) in [4.78, 5) is 15.0. The van der Waals surface area contributed by atoms with Crippen LogP contribution in [0.5, 0.6) is 0 Å². The molecule has 1 aliphatic heterocycles. The highest BCUT2D eigenvalue weighted by atomic mass is 16.5. The number of ether oxygens (including phenoxy) is 1. The van der Waals surface area contributed by atoms with Crippen LogP contribution in [0.4, 0.5) is 5.69 Å². The van der Waals surface area contributed by atoms with E-state index in [4.69, 9.17) is 4.74 Å². The van der Waals surface area contributed by atoms with Crippen LogP contribution in [-0.4, -0.2) is 37.1 Å². The molecule has 2 atom stereocenters. The second-order valence-electron chi connectivity index (χ2n) is 6.32. The summed E-state index contributed by atoms with van der Waals surface area (Å²) < 4.78 is 5.81. The maximum Gasteiger partial charge on any atom is 0.333 e. The van der Waals surface area contributed by atoms with Crippen LogP contribution in [0.15, 0.2) is 60.7 Å². The first-order chi connectivity index (χ1) is 11.7. The largest absolute Gasteiger partial charge is 0.459 e. The van der Waals surface area contributed by atoms with Gasteiger partial charge in [-0.05, 0) is 44.1 Å². The van der Waals surface area contributed by atoms with Gasteiger partial charge in [-0.1, -0.05) is 48.5 Å². The molecule has 1 fully saturated rings. The van der Waals surface area contributed by atoms with Crippen molar-refractivity contribution in [2.75, 3.05) is 25.5 Å². The standard InChI is InChI=1S/C20H24N2O2/c1-22-14-8-13-18(15-22)24-20(23)19(16-9-4-2-5-10-16)21-17-11-6-3-7-12-17/h2-7,9-12,18-19,21H,8,13-15H2,1H3/t18-,19?/m1/s1. The van der Waals surface area contributed by atoms with Crippen molar-refractivity contribution >= 4 is 11.7 Å². The van der Waals surface area contributed by atoms with Gasteiger partial charge in [-0.25, -0.2) is 4.79 Å². The van der Waals surface area contributed by atoms with Gasteiger partial charge in [0.15, 0.2) is 6.04 Å². The summed E-state index contributed by atoms with van der Waals surface area (Å²) in [5.41, 5.74) is 1.82. The monoisotopic (exact) mass is 324 g/mol. The first-order valence-corrected chi connectivity index (χ1v) is 8.48. The number of likely N-dealkylation sites (N-methyl/N-ethyl adjacent to an activating group) is 1. The molecule has 1 N–H and O–H groups in total. The summed E-state index contributed by atoms with van der Waals surface area (Å²) in [6, 6.07) is 19.0. The molecule has 4 nitrogen and oxygen atoms in total. The summed E-state index contributed by atoms with van der Waals surface area (Å²) >= 11 is 0. The fraction of sp³-hybridized carbons (Fsp3) is 0.350. The van der Waals surface area contributed by atoms with Crippen molar-refractivity contribution in [3.63, 3.8) is 0 Å². The average Bonchev–Trinajstić information content (AvgIpc) is 2.61. The predicted molar refractivity (Wildman–Crippen MR) is 95.9 cm³/mol. The molecule has 1 unspecified atom stereocenters. The van der Waals surface area contributed by atoms with Crippen molar-refractivity contribution in [2.45, 2.75) is 25.0 Å². The van der Waals surface area contributed by atoms with E-state index in [0.717, 1.165) is 37.2 Å². The zero-order chi connectivity index (χ0) is 16.8. The van der Waals surface area contributed by atoms with Crippen molar-refractivity contribution < 1.29 is 9.53 Å². The zero-order valence-corrected chi connectivity index (χ0v) is 14.0. The molecule has 0 radical (unpaired) electrons. The maximum atomic E-state index is 12.8. The minimum atomic E-state index is -0.499. The van der Waals surface area contributed by atoms with Crippen molar-refractivity contribution in [3.05, 3.63) is 66.2 Å². The van der Waals surface area contributed by atoms with Crippen molar-refractivity contribution in [3.8, 4) is 0 Å². The minimum Gasteiger partial charge on any atom is -0.459 e. The Kier molecular flexibility index (Phi) is 5.49. The van der Waals surface area contributed by atoms with E-state index in [1.54, 1.807) is 0 Å². The van der Waals surface area contributed by atoms with Gasteiger partial charge in [0, 0.05) is 12.2 Å². The molecule has 0 spiro atoms. The summed E-state index contributed by atoms with van der Waals surface area (Å²) in [6.45, 7) is 1.87. The summed E-state index contributed by atoms with van der Waals surface area (Å²) in [5, 5.41) is 3.31. The zero-order valence-electron chi connectivity index (χ0n) is 14.0. The van der Waals surface area contributed by atoms with Gasteiger partial charge in [0.2, 0.25) is 0 Å². The Morgan fingerprint density at radius 3 is 2.46 bits per heavy atom. The van der Waals surface area contributed by atoms with Crippen LogP contribution in [0.1, 0.15) is 24.4 Å². The van der Waals surface area contributed by atoms with E-state index in [-0.39, 0.29) is 12.1 Å². The Hall–Kier alpha value is -2.33. The second-order valence-corrected chi connectivity index (χ2v) is 6.32. The molecular weight excluding hydrogens is 300 g/mol. The van der Waals surface area contributed by atoms with E-state index in [1.165, 1.54) is 0 Å². The first kappa shape index (κ1) is 16.5. The van der Waals surface area contributed by atoms with Crippen molar-refractivity contribution in [1.29, 1.82) is 0 Å². The highest BCUT2D eigenvalue weighted by Gasteiger charge is 2.27. The molecule has 2 aromatic carbocycles. The number of piperidine rings is 1. The van der Waals surface area contributed by atoms with Crippen LogP contribution in [0, 0.1) is 0 Å². The predicted octanol–water partition coefficient (Wildman–Crippen LogP) is 3.48. The van der Waals surface area contributed by atoms with E-state index >= 15 is 0 Å². The molecular formula is C20H24N2O2. The number of likely N-dealkylation sites (tertiary alicyclic amines) is 1. The van der Waals surface area contributed by atoms with Gasteiger partial charge in [0.1, 0.15) is 6.10 Å². The normalized spacial score (nSPS) is 19.5. The molecule has 0 aromatic heterocycles. The number of carbonyl (C=O) groups is 1. The van der Waals surface area contributed by atoms with Crippen LogP contribution < -0.4 is 5.32 Å². The van der Waals surface area contributed by atoms with Gasteiger partial charge in [-0.2, -0.15) is 0 Å². The van der Waals surface area contributed by atoms with E-state index in [0.29, 0.717) is 0 Å². The average molecular weight is 324 g/mol. The third-order valence-corrected chi connectivity index (χ3v) is 4.32. The van der Waals surface area contributed by atoms with Crippen LogP contribution in [-0.2, 0) is 9.53 Å². The molecule has 0 aliphatic carbocycles. The van der Waals surface area contributed by atoms with Gasteiger partial charge >= 0.3 is 5.97 Å². The molecule has 0 amide bonds. The number of esters is 1. The molecule has 2 aromatic rings. The molecule has 1 aliphatic rings.